The van der Waals surface area contributed by atoms with E-state index in [1.54, 1.807) is 7.11 Å². The third-order valence-corrected chi connectivity index (χ3v) is 4.22. The van der Waals surface area contributed by atoms with Gasteiger partial charge in [0.25, 0.3) is 0 Å². The van der Waals surface area contributed by atoms with E-state index in [2.05, 4.69) is 9.97 Å². The van der Waals surface area contributed by atoms with Crippen molar-refractivity contribution in [3.05, 3.63) is 22.2 Å². The van der Waals surface area contributed by atoms with Crippen LogP contribution in [0.15, 0.2) is 6.07 Å². The average Bonchev–Trinajstić information content (AvgIpc) is 3.07. The van der Waals surface area contributed by atoms with Gasteiger partial charge in [-0.15, -0.1) is 0 Å². The highest BCUT2D eigenvalue weighted by Crippen LogP contribution is 2.42. The smallest absolute Gasteiger partial charge is 0.140 e. The molecule has 1 aromatic heterocycles. The van der Waals surface area contributed by atoms with Crippen LogP contribution in [-0.4, -0.2) is 17.1 Å². The minimum atomic E-state index is -0.210. The third kappa shape index (κ3) is 2.04. The molecule has 3 rings (SSSR count). The van der Waals surface area contributed by atoms with Crippen LogP contribution < -0.4 is 0 Å². The maximum absolute atomic E-state index is 5.75. The van der Waals surface area contributed by atoms with E-state index < -0.39 is 0 Å². The second-order valence-corrected chi connectivity index (χ2v) is 5.62. The maximum atomic E-state index is 5.75. The van der Waals surface area contributed by atoms with E-state index in [1.165, 1.54) is 31.4 Å². The van der Waals surface area contributed by atoms with Crippen molar-refractivity contribution >= 4 is 12.2 Å². The van der Waals surface area contributed by atoms with E-state index in [-0.39, 0.29) is 5.60 Å². The van der Waals surface area contributed by atoms with Crippen molar-refractivity contribution < 1.29 is 4.74 Å². The lowest BCUT2D eigenvalue weighted by molar-refractivity contribution is -0.0165. The first-order valence-corrected chi connectivity index (χ1v) is 6.81. The number of ether oxygens (including phenoxy) is 1. The Hall–Kier alpha value is -0.740. The van der Waals surface area contributed by atoms with Gasteiger partial charge in [-0.2, -0.15) is 0 Å². The van der Waals surface area contributed by atoms with Crippen molar-refractivity contribution in [2.45, 2.75) is 50.0 Å². The highest BCUT2D eigenvalue weighted by Gasteiger charge is 2.38. The van der Waals surface area contributed by atoms with Crippen LogP contribution in [-0.2, 0) is 10.3 Å². The number of hydrogen-bond acceptors (Lipinski definition) is 3. The molecule has 2 saturated carbocycles. The number of aromatic nitrogens is 2. The molecule has 1 heterocycles. The van der Waals surface area contributed by atoms with Gasteiger partial charge in [-0.3, -0.25) is 0 Å². The van der Waals surface area contributed by atoms with Crippen LogP contribution in [0.25, 0.3) is 0 Å². The predicted octanol–water partition coefficient (Wildman–Crippen LogP) is 3.43. The van der Waals surface area contributed by atoms with E-state index in [0.717, 1.165) is 18.7 Å². The van der Waals surface area contributed by atoms with Gasteiger partial charge in [-0.1, -0.05) is 12.2 Å². The minimum absolute atomic E-state index is 0.210. The van der Waals surface area contributed by atoms with Crippen molar-refractivity contribution in [1.82, 2.24) is 9.97 Å². The molecule has 2 aliphatic carbocycles. The van der Waals surface area contributed by atoms with E-state index in [9.17, 15) is 0 Å². The zero-order chi connectivity index (χ0) is 11.9. The SMILES string of the molecule is COC1(c2nc(=S)cc(C3CC3)[nH]2)CCCC1. The summed E-state index contributed by atoms with van der Waals surface area (Å²) in [4.78, 5) is 7.98. The van der Waals surface area contributed by atoms with Crippen molar-refractivity contribution in [2.75, 3.05) is 7.11 Å². The predicted molar refractivity (Wildman–Crippen MR) is 68.6 cm³/mol. The largest absolute Gasteiger partial charge is 0.370 e. The third-order valence-electron chi connectivity index (χ3n) is 4.01. The first-order chi connectivity index (χ1) is 8.23. The number of hydrogen-bond donors (Lipinski definition) is 1. The summed E-state index contributed by atoms with van der Waals surface area (Å²) in [5.74, 6) is 1.63. The molecule has 0 radical (unpaired) electrons. The van der Waals surface area contributed by atoms with Gasteiger partial charge in [-0.05, 0) is 50.5 Å². The quantitative estimate of drug-likeness (QED) is 0.835. The Kier molecular flexibility index (Phi) is 2.79. The average molecular weight is 250 g/mol. The van der Waals surface area contributed by atoms with Gasteiger partial charge in [0.1, 0.15) is 16.1 Å². The molecule has 2 aliphatic rings. The second kappa shape index (κ2) is 4.18. The van der Waals surface area contributed by atoms with Gasteiger partial charge in [0.2, 0.25) is 0 Å². The fourth-order valence-corrected chi connectivity index (χ4v) is 3.01. The molecule has 0 aliphatic heterocycles. The van der Waals surface area contributed by atoms with Crippen LogP contribution in [0.1, 0.15) is 56.0 Å². The Morgan fingerprint density at radius 1 is 1.41 bits per heavy atom. The van der Waals surface area contributed by atoms with E-state index in [0.29, 0.717) is 10.6 Å². The Morgan fingerprint density at radius 2 is 2.12 bits per heavy atom. The highest BCUT2D eigenvalue weighted by molar-refractivity contribution is 7.71. The van der Waals surface area contributed by atoms with Gasteiger partial charge in [0.05, 0.1) is 0 Å². The first kappa shape index (κ1) is 11.4. The zero-order valence-electron chi connectivity index (χ0n) is 10.2. The molecule has 2 fully saturated rings. The summed E-state index contributed by atoms with van der Waals surface area (Å²) in [6.45, 7) is 0. The molecular formula is C13H18N2OS. The lowest BCUT2D eigenvalue weighted by atomic mass is 10.0. The summed E-state index contributed by atoms with van der Waals surface area (Å²) in [6, 6.07) is 2.01. The Labute approximate surface area is 107 Å². The molecule has 1 aromatic rings. The first-order valence-electron chi connectivity index (χ1n) is 6.40. The molecule has 92 valence electrons. The number of rotatable bonds is 3. The molecule has 0 atom stereocenters. The van der Waals surface area contributed by atoms with Gasteiger partial charge in [0, 0.05) is 12.8 Å². The van der Waals surface area contributed by atoms with Crippen LogP contribution in [0.2, 0.25) is 0 Å². The number of nitrogens with one attached hydrogen (secondary N) is 1. The monoisotopic (exact) mass is 250 g/mol. The van der Waals surface area contributed by atoms with Crippen molar-refractivity contribution in [3.8, 4) is 0 Å². The van der Waals surface area contributed by atoms with Gasteiger partial charge < -0.3 is 9.72 Å². The molecule has 0 unspecified atom stereocenters. The minimum Gasteiger partial charge on any atom is -0.370 e. The van der Waals surface area contributed by atoms with Crippen molar-refractivity contribution in [2.24, 2.45) is 0 Å². The standard InChI is InChI=1S/C13H18N2OS/c1-16-13(6-2-3-7-13)12-14-10(9-4-5-9)8-11(17)15-12/h8-9H,2-7H2,1H3,(H,14,15,17). The fourth-order valence-electron chi connectivity index (χ4n) is 2.79. The van der Waals surface area contributed by atoms with Gasteiger partial charge in [0.15, 0.2) is 0 Å². The molecule has 1 N–H and O–H groups in total. The molecule has 4 heteroatoms. The van der Waals surface area contributed by atoms with Crippen LogP contribution in [0, 0.1) is 4.64 Å². The zero-order valence-corrected chi connectivity index (χ0v) is 11.0. The topological polar surface area (TPSA) is 37.9 Å². The Balaban J connectivity index is 2.03. The maximum Gasteiger partial charge on any atom is 0.140 e. The van der Waals surface area contributed by atoms with E-state index in [1.807, 2.05) is 6.07 Å². The Bertz CT molecular complexity index is 473. The van der Waals surface area contributed by atoms with Gasteiger partial charge >= 0.3 is 0 Å². The molecule has 0 saturated heterocycles. The summed E-state index contributed by atoms with van der Waals surface area (Å²) >= 11 is 5.28. The van der Waals surface area contributed by atoms with Crippen LogP contribution in [0.5, 0.6) is 0 Å². The van der Waals surface area contributed by atoms with Gasteiger partial charge in [-0.25, -0.2) is 4.98 Å². The summed E-state index contributed by atoms with van der Waals surface area (Å²) < 4.78 is 6.45. The Morgan fingerprint density at radius 3 is 2.71 bits per heavy atom. The number of nitrogens with zero attached hydrogens (tertiary/aromatic N) is 1. The number of methoxy groups -OCH3 is 1. The lowest BCUT2D eigenvalue weighted by Crippen LogP contribution is -2.27. The summed E-state index contributed by atoms with van der Waals surface area (Å²) in [5.41, 5.74) is 1.04. The molecule has 0 aromatic carbocycles. The summed E-state index contributed by atoms with van der Waals surface area (Å²) in [7, 11) is 1.79. The summed E-state index contributed by atoms with van der Waals surface area (Å²) in [6.07, 6.45) is 7.07. The number of aromatic amines is 1. The summed E-state index contributed by atoms with van der Waals surface area (Å²) in [5, 5.41) is 0. The fraction of sp³-hybridized carbons (Fsp3) is 0.692. The van der Waals surface area contributed by atoms with E-state index in [4.69, 9.17) is 17.0 Å². The lowest BCUT2D eigenvalue weighted by Gasteiger charge is -2.26. The van der Waals surface area contributed by atoms with Crippen molar-refractivity contribution in [1.29, 1.82) is 0 Å². The molecule has 17 heavy (non-hydrogen) atoms. The molecule has 0 bridgehead atoms. The van der Waals surface area contributed by atoms with Crippen LogP contribution >= 0.6 is 12.2 Å². The normalized spacial score (nSPS) is 22.9. The van der Waals surface area contributed by atoms with E-state index >= 15 is 0 Å². The highest BCUT2D eigenvalue weighted by atomic mass is 32.1. The molecule has 0 amide bonds. The molecular weight excluding hydrogens is 232 g/mol. The van der Waals surface area contributed by atoms with Crippen LogP contribution in [0.3, 0.4) is 0 Å². The molecule has 0 spiro atoms. The number of H-pyrrole nitrogens is 1. The second-order valence-electron chi connectivity index (χ2n) is 5.20. The van der Waals surface area contributed by atoms with Crippen molar-refractivity contribution in [3.63, 3.8) is 0 Å². The molecule has 3 nitrogen and oxygen atoms in total. The van der Waals surface area contributed by atoms with Crippen LogP contribution in [0.4, 0.5) is 0 Å².